The third-order valence-corrected chi connectivity index (χ3v) is 8.66. The molecule has 2 saturated heterocycles. The number of piperazine rings is 1. The summed E-state index contributed by atoms with van der Waals surface area (Å²) in [5, 5.41) is 7.21. The molecule has 0 spiro atoms. The molecule has 8 nitrogen and oxygen atoms in total. The van der Waals surface area contributed by atoms with E-state index < -0.39 is 6.04 Å². The summed E-state index contributed by atoms with van der Waals surface area (Å²) >= 11 is 12.6. The Hall–Kier alpha value is -2.81. The number of benzene rings is 2. The zero-order chi connectivity index (χ0) is 30.4. The number of nitrogens with zero attached hydrogens (tertiary/aromatic N) is 3. The average Bonchev–Trinajstić information content (AvgIpc) is 3.37. The Bertz CT molecular complexity index is 1280. The van der Waals surface area contributed by atoms with Crippen LogP contribution in [0.2, 0.25) is 10.0 Å². The van der Waals surface area contributed by atoms with Crippen molar-refractivity contribution in [3.63, 3.8) is 0 Å². The molecule has 10 heteroatoms. The van der Waals surface area contributed by atoms with Gasteiger partial charge >= 0.3 is 0 Å². The van der Waals surface area contributed by atoms with Crippen molar-refractivity contribution in [2.24, 2.45) is 5.92 Å². The average molecular weight is 617 g/mol. The second-order valence-corrected chi connectivity index (χ2v) is 12.6. The van der Waals surface area contributed by atoms with Gasteiger partial charge in [-0.25, -0.2) is 0 Å². The number of nitrogens with one attached hydrogen (secondary N) is 2. The Balaban J connectivity index is 1.52. The first-order valence-corrected chi connectivity index (χ1v) is 15.6. The lowest BCUT2D eigenvalue weighted by Gasteiger charge is -2.40. The molecular formula is C32H43Cl2N5O3. The molecular weight excluding hydrogens is 573 g/mol. The van der Waals surface area contributed by atoms with E-state index in [4.69, 9.17) is 23.2 Å². The summed E-state index contributed by atoms with van der Waals surface area (Å²) in [6.07, 6.45) is 2.39. The van der Waals surface area contributed by atoms with E-state index in [-0.39, 0.29) is 30.3 Å². The molecule has 3 amide bonds. The predicted octanol–water partition coefficient (Wildman–Crippen LogP) is 4.61. The van der Waals surface area contributed by atoms with E-state index in [9.17, 15) is 14.4 Å². The van der Waals surface area contributed by atoms with Gasteiger partial charge in [-0.15, -0.1) is 0 Å². The molecule has 0 aliphatic carbocycles. The van der Waals surface area contributed by atoms with Gasteiger partial charge in [0.15, 0.2) is 0 Å². The molecule has 0 bridgehead atoms. The minimum atomic E-state index is -0.599. The van der Waals surface area contributed by atoms with Crippen LogP contribution in [0.4, 0.5) is 5.69 Å². The third-order valence-electron chi connectivity index (χ3n) is 8.07. The molecule has 2 aromatic carbocycles. The Morgan fingerprint density at radius 3 is 2.36 bits per heavy atom. The predicted molar refractivity (Wildman–Crippen MR) is 169 cm³/mol. The van der Waals surface area contributed by atoms with Crippen LogP contribution in [-0.2, 0) is 20.8 Å². The molecule has 0 unspecified atom stereocenters. The van der Waals surface area contributed by atoms with E-state index in [2.05, 4.69) is 54.5 Å². The van der Waals surface area contributed by atoms with Gasteiger partial charge in [0.2, 0.25) is 17.7 Å². The zero-order valence-electron chi connectivity index (χ0n) is 25.1. The number of carbonyl (C=O) groups excluding carboxylic acids is 3. The number of hydrogen-bond acceptors (Lipinski definition) is 5. The van der Waals surface area contributed by atoms with Gasteiger partial charge in [0.05, 0.1) is 12.6 Å². The lowest BCUT2D eigenvalue weighted by Crippen LogP contribution is -2.56. The van der Waals surface area contributed by atoms with Crippen molar-refractivity contribution in [1.29, 1.82) is 0 Å². The summed E-state index contributed by atoms with van der Waals surface area (Å²) in [6.45, 7) is 9.62. The maximum absolute atomic E-state index is 14.0. The van der Waals surface area contributed by atoms with E-state index in [1.165, 1.54) is 0 Å². The van der Waals surface area contributed by atoms with Crippen molar-refractivity contribution >= 4 is 46.6 Å². The van der Waals surface area contributed by atoms with Crippen LogP contribution in [0, 0.1) is 12.8 Å². The monoisotopic (exact) mass is 615 g/mol. The topological polar surface area (TPSA) is 85.0 Å². The summed E-state index contributed by atoms with van der Waals surface area (Å²) in [5.74, 6) is 0.330. The molecule has 2 aliphatic rings. The van der Waals surface area contributed by atoms with Gasteiger partial charge in [0.25, 0.3) is 0 Å². The summed E-state index contributed by atoms with van der Waals surface area (Å²) in [4.78, 5) is 45.2. The smallest absolute Gasteiger partial charge is 0.245 e. The molecule has 0 radical (unpaired) electrons. The quantitative estimate of drug-likeness (QED) is 0.386. The minimum absolute atomic E-state index is 0.0119. The van der Waals surface area contributed by atoms with E-state index in [0.717, 1.165) is 35.2 Å². The molecule has 2 fully saturated rings. The largest absolute Gasteiger partial charge is 0.368 e. The molecule has 2 N–H and O–H groups in total. The number of aryl methyl sites for hydroxylation is 1. The normalized spacial score (nSPS) is 17.1. The number of rotatable bonds is 11. The lowest BCUT2D eigenvalue weighted by molar-refractivity contribution is -0.143. The highest BCUT2D eigenvalue weighted by Gasteiger charge is 2.37. The van der Waals surface area contributed by atoms with E-state index in [1.807, 2.05) is 11.0 Å². The van der Waals surface area contributed by atoms with Crippen molar-refractivity contribution in [3.8, 4) is 0 Å². The van der Waals surface area contributed by atoms with Crippen LogP contribution in [0.25, 0.3) is 0 Å². The maximum atomic E-state index is 14.0. The van der Waals surface area contributed by atoms with Crippen molar-refractivity contribution in [1.82, 2.24) is 20.4 Å². The Morgan fingerprint density at radius 2 is 1.74 bits per heavy atom. The maximum Gasteiger partial charge on any atom is 0.245 e. The number of likely N-dealkylation sites (tertiary alicyclic amines) is 1. The number of halogens is 2. The van der Waals surface area contributed by atoms with Crippen LogP contribution < -0.4 is 15.5 Å². The minimum Gasteiger partial charge on any atom is -0.368 e. The fourth-order valence-electron chi connectivity index (χ4n) is 5.99. The van der Waals surface area contributed by atoms with Crippen LogP contribution in [0.5, 0.6) is 0 Å². The highest BCUT2D eigenvalue weighted by molar-refractivity contribution is 6.35. The number of amides is 3. The Kier molecular flexibility index (Phi) is 11.1. The van der Waals surface area contributed by atoms with Gasteiger partial charge in [-0.1, -0.05) is 60.8 Å². The highest BCUT2D eigenvalue weighted by atomic mass is 35.5. The molecule has 0 aromatic heterocycles. The van der Waals surface area contributed by atoms with Crippen LogP contribution >= 0.6 is 23.2 Å². The van der Waals surface area contributed by atoms with E-state index in [1.54, 1.807) is 24.1 Å². The fraction of sp³-hybridized carbons (Fsp3) is 0.531. The molecule has 2 aromatic rings. The van der Waals surface area contributed by atoms with Crippen LogP contribution in [0.15, 0.2) is 36.4 Å². The Morgan fingerprint density at radius 1 is 1.00 bits per heavy atom. The van der Waals surface area contributed by atoms with Crippen molar-refractivity contribution in [2.45, 2.75) is 58.5 Å². The number of hydrogen-bond donors (Lipinski definition) is 2. The van der Waals surface area contributed by atoms with Crippen molar-refractivity contribution in [2.75, 3.05) is 51.2 Å². The molecule has 42 heavy (non-hydrogen) atoms. The second kappa shape index (κ2) is 14.6. The summed E-state index contributed by atoms with van der Waals surface area (Å²) < 4.78 is 0. The molecule has 4 rings (SSSR count). The van der Waals surface area contributed by atoms with Crippen LogP contribution in [-0.4, -0.2) is 79.9 Å². The third kappa shape index (κ3) is 7.97. The first-order valence-electron chi connectivity index (χ1n) is 14.9. The number of anilines is 1. The van der Waals surface area contributed by atoms with Gasteiger partial charge in [0, 0.05) is 61.3 Å². The first-order chi connectivity index (χ1) is 20.1. The molecule has 2 heterocycles. The van der Waals surface area contributed by atoms with Gasteiger partial charge in [-0.05, 0) is 62.1 Å². The van der Waals surface area contributed by atoms with Gasteiger partial charge in [0.1, 0.15) is 6.04 Å². The second-order valence-electron chi connectivity index (χ2n) is 11.8. The highest BCUT2D eigenvalue weighted by Crippen LogP contribution is 2.33. The molecule has 228 valence electrons. The van der Waals surface area contributed by atoms with E-state index in [0.29, 0.717) is 61.5 Å². The SMILES string of the molecule is CNCC(=O)N[C@@H](CC(C)C)c1cc(C)ccc1N1CCN(C(=O)[C@@H](Cc2ccc(Cl)cc2Cl)N2CCCC2=O)CC1. The standard InChI is InChI=1S/C32H43Cl2N5O3/c1-21(2)16-27(36-30(40)20-35-4)25-17-22(3)7-10-28(25)37-12-14-38(15-13-37)32(42)29(39-11-5-6-31(39)41)18-23-8-9-24(33)19-26(23)34/h7-10,17,19,21,27,29,35H,5-6,11-16,18,20H2,1-4H3,(H,36,40)/t27-,29+/m0/s1. The summed E-state index contributed by atoms with van der Waals surface area (Å²) in [6, 6.07) is 11.0. The van der Waals surface area contributed by atoms with Crippen LogP contribution in [0.1, 0.15) is 55.8 Å². The first kappa shape index (κ1) is 32.1. The fourth-order valence-corrected chi connectivity index (χ4v) is 6.47. The summed E-state index contributed by atoms with van der Waals surface area (Å²) in [5.41, 5.74) is 4.13. The van der Waals surface area contributed by atoms with Crippen LogP contribution in [0.3, 0.4) is 0 Å². The lowest BCUT2D eigenvalue weighted by atomic mass is 9.93. The van der Waals surface area contributed by atoms with Gasteiger partial charge in [-0.2, -0.15) is 0 Å². The number of likely N-dealkylation sites (N-methyl/N-ethyl adjacent to an activating group) is 1. The molecule has 2 atom stereocenters. The number of carbonyl (C=O) groups is 3. The van der Waals surface area contributed by atoms with Gasteiger partial charge in [-0.3, -0.25) is 14.4 Å². The van der Waals surface area contributed by atoms with E-state index >= 15 is 0 Å². The van der Waals surface area contributed by atoms with Crippen molar-refractivity contribution < 1.29 is 14.4 Å². The molecule has 2 aliphatic heterocycles. The zero-order valence-corrected chi connectivity index (χ0v) is 26.6. The van der Waals surface area contributed by atoms with Crippen molar-refractivity contribution in [3.05, 3.63) is 63.1 Å². The summed E-state index contributed by atoms with van der Waals surface area (Å²) in [7, 11) is 1.77. The van der Waals surface area contributed by atoms with Gasteiger partial charge < -0.3 is 25.3 Å². The molecule has 0 saturated carbocycles. The Labute approximate surface area is 259 Å².